The molecule has 0 N–H and O–H groups in total. The molecule has 0 spiro atoms. The number of aryl methyl sites for hydroxylation is 1. The van der Waals surface area contributed by atoms with Crippen molar-refractivity contribution < 1.29 is 9.47 Å². The largest absolute Gasteiger partial charge is 0.477 e. The zero-order valence-electron chi connectivity index (χ0n) is 11.0. The maximum absolute atomic E-state index is 5.75. The number of aromatic nitrogens is 2. The van der Waals surface area contributed by atoms with E-state index in [-0.39, 0.29) is 5.41 Å². The Balaban J connectivity index is 2.04. The predicted octanol–water partition coefficient (Wildman–Crippen LogP) is 2.32. The highest BCUT2D eigenvalue weighted by atomic mass is 16.5. The molecule has 0 saturated carbocycles. The van der Waals surface area contributed by atoms with E-state index in [2.05, 4.69) is 30.7 Å². The van der Waals surface area contributed by atoms with Gasteiger partial charge in [0.25, 0.3) is 0 Å². The topological polar surface area (TPSA) is 44.2 Å². The molecule has 1 aromatic heterocycles. The summed E-state index contributed by atoms with van der Waals surface area (Å²) in [4.78, 5) is 8.82. The van der Waals surface area contributed by atoms with E-state index in [4.69, 9.17) is 9.47 Å². The van der Waals surface area contributed by atoms with Crippen LogP contribution in [0.5, 0.6) is 5.88 Å². The summed E-state index contributed by atoms with van der Waals surface area (Å²) in [5.41, 5.74) is 1.10. The van der Waals surface area contributed by atoms with Crippen LogP contribution < -0.4 is 4.74 Å². The molecule has 0 radical (unpaired) electrons. The maximum Gasteiger partial charge on any atom is 0.216 e. The van der Waals surface area contributed by atoms with Crippen LogP contribution in [0.15, 0.2) is 6.07 Å². The van der Waals surface area contributed by atoms with Crippen molar-refractivity contribution >= 4 is 0 Å². The Hall–Kier alpha value is -1.16. The maximum atomic E-state index is 5.75. The van der Waals surface area contributed by atoms with Crippen LogP contribution in [0.3, 0.4) is 0 Å². The first-order valence-electron chi connectivity index (χ1n) is 6.05. The van der Waals surface area contributed by atoms with Crippen molar-refractivity contribution in [2.45, 2.75) is 33.6 Å². The molecule has 0 unspecified atom stereocenters. The molecule has 1 aliphatic rings. The van der Waals surface area contributed by atoms with E-state index in [0.29, 0.717) is 18.4 Å². The minimum Gasteiger partial charge on any atom is -0.477 e. The van der Waals surface area contributed by atoms with Crippen LogP contribution >= 0.6 is 0 Å². The number of rotatable bonds is 4. The molecule has 2 rings (SSSR count). The number of hydrogen-bond donors (Lipinski definition) is 0. The van der Waals surface area contributed by atoms with Gasteiger partial charge in [-0.1, -0.05) is 20.8 Å². The van der Waals surface area contributed by atoms with Gasteiger partial charge >= 0.3 is 0 Å². The van der Waals surface area contributed by atoms with Crippen LogP contribution in [0.4, 0.5) is 0 Å². The molecule has 1 aliphatic heterocycles. The Bertz CT molecular complexity index is 400. The smallest absolute Gasteiger partial charge is 0.216 e. The lowest BCUT2D eigenvalue weighted by atomic mass is 9.90. The quantitative estimate of drug-likeness (QED) is 0.804. The van der Waals surface area contributed by atoms with Gasteiger partial charge in [-0.15, -0.1) is 0 Å². The van der Waals surface area contributed by atoms with Crippen LogP contribution in [0.25, 0.3) is 0 Å². The molecule has 4 nitrogen and oxygen atoms in total. The van der Waals surface area contributed by atoms with Gasteiger partial charge in [0.05, 0.1) is 19.8 Å². The molecule has 4 heteroatoms. The summed E-state index contributed by atoms with van der Waals surface area (Å²) in [6.07, 6.45) is 0. The molecule has 2 heterocycles. The molecule has 0 amide bonds. The minimum absolute atomic E-state index is 0.150. The second-order valence-corrected chi connectivity index (χ2v) is 5.45. The normalized spacial score (nSPS) is 17.9. The third kappa shape index (κ3) is 2.94. The molecule has 0 aromatic carbocycles. The highest BCUT2D eigenvalue weighted by Gasteiger charge is 2.34. The van der Waals surface area contributed by atoms with Gasteiger partial charge in [-0.3, -0.25) is 0 Å². The Labute approximate surface area is 102 Å². The Morgan fingerprint density at radius 1 is 1.41 bits per heavy atom. The van der Waals surface area contributed by atoms with Gasteiger partial charge in [0.1, 0.15) is 5.82 Å². The molecule has 0 bridgehead atoms. The van der Waals surface area contributed by atoms with Crippen molar-refractivity contribution in [1.82, 2.24) is 9.97 Å². The van der Waals surface area contributed by atoms with E-state index in [1.54, 1.807) is 0 Å². The molecule has 0 atom stereocenters. The second-order valence-electron chi connectivity index (χ2n) is 5.45. The van der Waals surface area contributed by atoms with E-state index < -0.39 is 0 Å². The van der Waals surface area contributed by atoms with Crippen molar-refractivity contribution in [1.29, 1.82) is 0 Å². The van der Waals surface area contributed by atoms with Crippen molar-refractivity contribution in [2.24, 2.45) is 5.41 Å². The number of ether oxygens (including phenoxy) is 2. The third-order valence-electron chi connectivity index (χ3n) is 2.83. The van der Waals surface area contributed by atoms with Gasteiger partial charge in [0, 0.05) is 23.1 Å². The molecule has 1 saturated heterocycles. The molecule has 0 aliphatic carbocycles. The van der Waals surface area contributed by atoms with Crippen LogP contribution in [-0.4, -0.2) is 29.8 Å². The first-order valence-corrected chi connectivity index (χ1v) is 6.05. The predicted molar refractivity (Wildman–Crippen MR) is 65.3 cm³/mol. The van der Waals surface area contributed by atoms with E-state index in [9.17, 15) is 0 Å². The van der Waals surface area contributed by atoms with Gasteiger partial charge in [-0.05, 0) is 6.92 Å². The molecule has 94 valence electrons. The van der Waals surface area contributed by atoms with Crippen LogP contribution in [-0.2, 0) is 4.74 Å². The summed E-state index contributed by atoms with van der Waals surface area (Å²) in [5.74, 6) is 1.84. The Kier molecular flexibility index (Phi) is 3.33. The molecular weight excluding hydrogens is 216 g/mol. The number of hydrogen-bond acceptors (Lipinski definition) is 4. The molecule has 17 heavy (non-hydrogen) atoms. The molecular formula is C13H20N2O2. The average molecular weight is 236 g/mol. The van der Waals surface area contributed by atoms with Crippen LogP contribution in [0.1, 0.15) is 38.2 Å². The monoisotopic (exact) mass is 236 g/mol. The second kappa shape index (κ2) is 4.61. The standard InChI is InChI=1S/C13H20N2O2/c1-9(2)12-14-10(3)5-11(15-12)17-8-13(4)6-16-7-13/h5,9H,6-8H2,1-4H3. The van der Waals surface area contributed by atoms with Crippen molar-refractivity contribution in [3.8, 4) is 5.88 Å². The van der Waals surface area contributed by atoms with Crippen molar-refractivity contribution in [2.75, 3.05) is 19.8 Å². The van der Waals surface area contributed by atoms with E-state index in [1.165, 1.54) is 0 Å². The van der Waals surface area contributed by atoms with Gasteiger partial charge in [-0.25, -0.2) is 4.98 Å². The lowest BCUT2D eigenvalue weighted by molar-refractivity contribution is -0.120. The SMILES string of the molecule is Cc1cc(OCC2(C)COC2)nc(C(C)C)n1. The van der Waals surface area contributed by atoms with E-state index in [1.807, 2.05) is 13.0 Å². The Morgan fingerprint density at radius 2 is 2.12 bits per heavy atom. The highest BCUT2D eigenvalue weighted by Crippen LogP contribution is 2.27. The summed E-state index contributed by atoms with van der Waals surface area (Å²) in [6.45, 7) is 10.5. The third-order valence-corrected chi connectivity index (χ3v) is 2.83. The zero-order chi connectivity index (χ0) is 12.5. The zero-order valence-corrected chi connectivity index (χ0v) is 11.0. The van der Waals surface area contributed by atoms with E-state index >= 15 is 0 Å². The van der Waals surface area contributed by atoms with Gasteiger partial charge in [0.2, 0.25) is 5.88 Å². The highest BCUT2D eigenvalue weighted by molar-refractivity contribution is 5.16. The van der Waals surface area contributed by atoms with Crippen LogP contribution in [0, 0.1) is 12.3 Å². The minimum atomic E-state index is 0.150. The van der Waals surface area contributed by atoms with E-state index in [0.717, 1.165) is 24.7 Å². The summed E-state index contributed by atoms with van der Waals surface area (Å²) >= 11 is 0. The molecule has 1 fully saturated rings. The van der Waals surface area contributed by atoms with Gasteiger partial charge in [-0.2, -0.15) is 4.98 Å². The van der Waals surface area contributed by atoms with Crippen molar-refractivity contribution in [3.05, 3.63) is 17.6 Å². The Morgan fingerprint density at radius 3 is 2.65 bits per heavy atom. The number of nitrogens with zero attached hydrogens (tertiary/aromatic N) is 2. The average Bonchev–Trinajstić information content (AvgIpc) is 2.23. The molecule has 1 aromatic rings. The first kappa shape index (κ1) is 12.3. The fourth-order valence-corrected chi connectivity index (χ4v) is 1.68. The fraction of sp³-hybridized carbons (Fsp3) is 0.692. The van der Waals surface area contributed by atoms with Crippen molar-refractivity contribution in [3.63, 3.8) is 0 Å². The summed E-state index contributed by atoms with van der Waals surface area (Å²) in [7, 11) is 0. The summed E-state index contributed by atoms with van der Waals surface area (Å²) in [5, 5.41) is 0. The first-order chi connectivity index (χ1) is 7.98. The van der Waals surface area contributed by atoms with Gasteiger partial charge in [0.15, 0.2) is 0 Å². The van der Waals surface area contributed by atoms with Crippen LogP contribution in [0.2, 0.25) is 0 Å². The summed E-state index contributed by atoms with van der Waals surface area (Å²) < 4.78 is 11.0. The lowest BCUT2D eigenvalue weighted by Gasteiger charge is -2.37. The fourth-order valence-electron chi connectivity index (χ4n) is 1.68. The summed E-state index contributed by atoms with van der Waals surface area (Å²) in [6, 6.07) is 1.88. The lowest BCUT2D eigenvalue weighted by Crippen LogP contribution is -2.44. The van der Waals surface area contributed by atoms with Gasteiger partial charge < -0.3 is 9.47 Å².